The largest absolute Gasteiger partial charge is 0.497 e. The number of piperidine rings is 1. The molecule has 1 amide bonds. The molecule has 1 unspecified atom stereocenters. The molecular weight excluding hydrogens is 360 g/mol. The molecule has 1 heterocycles. The summed E-state index contributed by atoms with van der Waals surface area (Å²) >= 11 is 0. The van der Waals surface area contributed by atoms with E-state index in [9.17, 15) is 4.79 Å². The highest BCUT2D eigenvalue weighted by Gasteiger charge is 2.23. The van der Waals surface area contributed by atoms with Gasteiger partial charge in [0.25, 0.3) is 0 Å². The van der Waals surface area contributed by atoms with Crippen molar-refractivity contribution in [1.82, 2.24) is 10.2 Å². The Bertz CT molecular complexity index is 825. The van der Waals surface area contributed by atoms with E-state index in [0.717, 1.165) is 30.8 Å². The molecule has 0 aromatic heterocycles. The second-order valence-corrected chi connectivity index (χ2v) is 8.32. The monoisotopic (exact) mass is 392 g/mol. The van der Waals surface area contributed by atoms with Gasteiger partial charge in [-0.2, -0.15) is 0 Å². The van der Waals surface area contributed by atoms with Crippen LogP contribution < -0.4 is 10.1 Å². The number of hydrogen-bond acceptors (Lipinski definition) is 3. The molecule has 2 aromatic rings. The zero-order valence-electron chi connectivity index (χ0n) is 17.5. The predicted molar refractivity (Wildman–Crippen MR) is 116 cm³/mol. The Kier molecular flexibility index (Phi) is 6.50. The van der Waals surface area contributed by atoms with Crippen molar-refractivity contribution in [2.45, 2.75) is 51.0 Å². The summed E-state index contributed by atoms with van der Waals surface area (Å²) in [4.78, 5) is 15.2. The van der Waals surface area contributed by atoms with E-state index in [-0.39, 0.29) is 11.9 Å². The van der Waals surface area contributed by atoms with Crippen LogP contribution in [0, 0.1) is 0 Å². The summed E-state index contributed by atoms with van der Waals surface area (Å²) in [6.07, 6.45) is 7.80. The predicted octanol–water partition coefficient (Wildman–Crippen LogP) is 4.07. The van der Waals surface area contributed by atoms with Gasteiger partial charge in [-0.25, -0.2) is 0 Å². The lowest BCUT2D eigenvalue weighted by Gasteiger charge is -2.35. The zero-order valence-corrected chi connectivity index (χ0v) is 17.5. The Labute approximate surface area is 174 Å². The molecule has 29 heavy (non-hydrogen) atoms. The first-order chi connectivity index (χ1) is 14.2. The van der Waals surface area contributed by atoms with Crippen molar-refractivity contribution in [2.75, 3.05) is 26.7 Å². The maximum atomic E-state index is 12.7. The SMILES string of the molecule is COc1ccc(C(CNC(=O)Cc2ccc3c(c2)CCC3)N2CCCCC2)cc1. The molecule has 2 aliphatic rings. The number of nitrogens with one attached hydrogen (secondary N) is 1. The molecule has 1 N–H and O–H groups in total. The van der Waals surface area contributed by atoms with Crippen molar-refractivity contribution in [2.24, 2.45) is 0 Å². The molecule has 0 saturated carbocycles. The summed E-state index contributed by atoms with van der Waals surface area (Å²) in [5.41, 5.74) is 5.26. The van der Waals surface area contributed by atoms with Gasteiger partial charge in [-0.3, -0.25) is 9.69 Å². The smallest absolute Gasteiger partial charge is 0.224 e. The number of amides is 1. The summed E-state index contributed by atoms with van der Waals surface area (Å²) < 4.78 is 5.31. The minimum Gasteiger partial charge on any atom is -0.497 e. The minimum absolute atomic E-state index is 0.110. The first-order valence-corrected chi connectivity index (χ1v) is 11.0. The average molecular weight is 393 g/mol. The third-order valence-electron chi connectivity index (χ3n) is 6.35. The fraction of sp³-hybridized carbons (Fsp3) is 0.480. The van der Waals surface area contributed by atoms with Gasteiger partial charge >= 0.3 is 0 Å². The van der Waals surface area contributed by atoms with E-state index in [4.69, 9.17) is 4.74 Å². The Morgan fingerprint density at radius 3 is 2.52 bits per heavy atom. The van der Waals surface area contributed by atoms with Crippen LogP contribution in [0.2, 0.25) is 0 Å². The lowest BCUT2D eigenvalue weighted by Crippen LogP contribution is -2.41. The molecule has 4 rings (SSSR count). The second-order valence-electron chi connectivity index (χ2n) is 8.32. The van der Waals surface area contributed by atoms with E-state index in [1.807, 2.05) is 12.1 Å². The Hall–Kier alpha value is -2.33. The van der Waals surface area contributed by atoms with E-state index >= 15 is 0 Å². The van der Waals surface area contributed by atoms with Crippen LogP contribution in [-0.2, 0) is 24.1 Å². The molecule has 1 saturated heterocycles. The van der Waals surface area contributed by atoms with Crippen molar-refractivity contribution in [3.63, 3.8) is 0 Å². The number of methoxy groups -OCH3 is 1. The van der Waals surface area contributed by atoms with Gasteiger partial charge in [0.1, 0.15) is 5.75 Å². The fourth-order valence-electron chi connectivity index (χ4n) is 4.71. The van der Waals surface area contributed by atoms with Gasteiger partial charge in [-0.15, -0.1) is 0 Å². The van der Waals surface area contributed by atoms with Gasteiger partial charge in [0.15, 0.2) is 0 Å². The third-order valence-corrected chi connectivity index (χ3v) is 6.35. The van der Waals surface area contributed by atoms with Crippen molar-refractivity contribution >= 4 is 5.91 Å². The van der Waals surface area contributed by atoms with Crippen LogP contribution in [0.5, 0.6) is 5.75 Å². The van der Waals surface area contributed by atoms with Crippen LogP contribution in [0.3, 0.4) is 0 Å². The average Bonchev–Trinajstić information content (AvgIpc) is 3.23. The molecule has 1 fully saturated rings. The molecule has 2 aromatic carbocycles. The van der Waals surface area contributed by atoms with Crippen LogP contribution in [0.4, 0.5) is 0 Å². The molecule has 4 nitrogen and oxygen atoms in total. The van der Waals surface area contributed by atoms with Crippen molar-refractivity contribution in [1.29, 1.82) is 0 Å². The number of ether oxygens (including phenoxy) is 1. The van der Waals surface area contributed by atoms with Crippen LogP contribution in [0.1, 0.15) is 54.0 Å². The number of likely N-dealkylation sites (tertiary alicyclic amines) is 1. The van der Waals surface area contributed by atoms with Crippen LogP contribution in [0.25, 0.3) is 0 Å². The maximum Gasteiger partial charge on any atom is 0.224 e. The summed E-state index contributed by atoms with van der Waals surface area (Å²) in [5, 5.41) is 3.21. The Balaban J connectivity index is 1.40. The molecule has 0 spiro atoms. The van der Waals surface area contributed by atoms with Gasteiger partial charge in [-0.05, 0) is 79.6 Å². The second kappa shape index (κ2) is 9.45. The lowest BCUT2D eigenvalue weighted by atomic mass is 10.0. The van der Waals surface area contributed by atoms with Gasteiger partial charge in [0, 0.05) is 6.54 Å². The number of fused-ring (bicyclic) bond motifs is 1. The molecule has 154 valence electrons. The molecule has 4 heteroatoms. The Morgan fingerprint density at radius 2 is 1.76 bits per heavy atom. The van der Waals surface area contributed by atoms with Crippen molar-refractivity contribution < 1.29 is 9.53 Å². The number of aryl methyl sites for hydroxylation is 2. The number of carbonyl (C=O) groups is 1. The normalized spacial score (nSPS) is 17.6. The van der Waals surface area contributed by atoms with Crippen LogP contribution >= 0.6 is 0 Å². The van der Waals surface area contributed by atoms with Crippen molar-refractivity contribution in [3.8, 4) is 5.75 Å². The van der Waals surface area contributed by atoms with E-state index < -0.39 is 0 Å². The zero-order chi connectivity index (χ0) is 20.1. The fourth-order valence-corrected chi connectivity index (χ4v) is 4.71. The van der Waals surface area contributed by atoms with Gasteiger partial charge in [0.05, 0.1) is 19.6 Å². The highest BCUT2D eigenvalue weighted by Crippen LogP contribution is 2.26. The first kappa shape index (κ1) is 20.0. The molecule has 1 aliphatic heterocycles. The maximum absolute atomic E-state index is 12.7. The van der Waals surface area contributed by atoms with Gasteiger partial charge in [-0.1, -0.05) is 36.8 Å². The number of nitrogens with zero attached hydrogens (tertiary/aromatic N) is 1. The minimum atomic E-state index is 0.110. The van der Waals surface area contributed by atoms with E-state index in [0.29, 0.717) is 13.0 Å². The third kappa shape index (κ3) is 4.99. The molecule has 1 atom stereocenters. The summed E-state index contributed by atoms with van der Waals surface area (Å²) in [5.74, 6) is 0.977. The number of carbonyl (C=O) groups excluding carboxylic acids is 1. The van der Waals surface area contributed by atoms with Crippen LogP contribution in [0.15, 0.2) is 42.5 Å². The van der Waals surface area contributed by atoms with E-state index in [2.05, 4.69) is 40.5 Å². The number of rotatable bonds is 7. The van der Waals surface area contributed by atoms with Gasteiger partial charge < -0.3 is 10.1 Å². The highest BCUT2D eigenvalue weighted by molar-refractivity contribution is 5.78. The number of benzene rings is 2. The molecular formula is C25H32N2O2. The van der Waals surface area contributed by atoms with Crippen LogP contribution in [-0.4, -0.2) is 37.6 Å². The van der Waals surface area contributed by atoms with E-state index in [1.54, 1.807) is 7.11 Å². The topological polar surface area (TPSA) is 41.6 Å². The quantitative estimate of drug-likeness (QED) is 0.772. The summed E-state index contributed by atoms with van der Waals surface area (Å²) in [6, 6.07) is 15.1. The first-order valence-electron chi connectivity index (χ1n) is 11.0. The molecule has 1 aliphatic carbocycles. The summed E-state index contributed by atoms with van der Waals surface area (Å²) in [7, 11) is 1.69. The van der Waals surface area contributed by atoms with Gasteiger partial charge in [0.2, 0.25) is 5.91 Å². The summed E-state index contributed by atoms with van der Waals surface area (Å²) in [6.45, 7) is 2.84. The van der Waals surface area contributed by atoms with Crippen molar-refractivity contribution in [3.05, 3.63) is 64.7 Å². The number of hydrogen-bond donors (Lipinski definition) is 1. The lowest BCUT2D eigenvalue weighted by molar-refractivity contribution is -0.120. The van der Waals surface area contributed by atoms with E-state index in [1.165, 1.54) is 48.8 Å². The Morgan fingerprint density at radius 1 is 1.00 bits per heavy atom. The molecule has 0 bridgehead atoms. The standard InChI is InChI=1S/C25H32N2O2/c1-29-23-12-10-21(11-13-23)24(27-14-3-2-4-15-27)18-26-25(28)17-19-8-9-20-6-5-7-22(20)16-19/h8-13,16,24H,2-7,14-15,17-18H2,1H3,(H,26,28). The molecule has 0 radical (unpaired) electrons. The highest BCUT2D eigenvalue weighted by atomic mass is 16.5.